The third kappa shape index (κ3) is 8.38. The van der Waals surface area contributed by atoms with Crippen LogP contribution >= 0.6 is 35.6 Å². The maximum absolute atomic E-state index is 6.28. The molecule has 0 aromatic carbocycles. The Balaban J connectivity index is 0.00000320. The number of nitrogens with zero attached hydrogens (tertiary/aromatic N) is 3. The molecule has 3 rings (SSSR count). The molecule has 1 aliphatic carbocycles. The van der Waals surface area contributed by atoms with Gasteiger partial charge in [-0.1, -0.05) is 30.9 Å². The van der Waals surface area contributed by atoms with Crippen LogP contribution in [0.4, 0.5) is 5.82 Å². The van der Waals surface area contributed by atoms with Crippen molar-refractivity contribution in [2.75, 3.05) is 38.2 Å². The fourth-order valence-corrected chi connectivity index (χ4v) is 4.40. The summed E-state index contributed by atoms with van der Waals surface area (Å²) in [5.41, 5.74) is 0. The van der Waals surface area contributed by atoms with Crippen LogP contribution in [0.3, 0.4) is 0 Å². The van der Waals surface area contributed by atoms with Crippen LogP contribution in [0, 0.1) is 0 Å². The summed E-state index contributed by atoms with van der Waals surface area (Å²) < 4.78 is 6.00. The summed E-state index contributed by atoms with van der Waals surface area (Å²) in [6, 6.07) is 4.11. The van der Waals surface area contributed by atoms with Crippen molar-refractivity contribution < 1.29 is 4.74 Å². The van der Waals surface area contributed by atoms with Crippen molar-refractivity contribution in [1.29, 1.82) is 0 Å². The lowest BCUT2D eigenvalue weighted by Gasteiger charge is -2.22. The average molecular weight is 550 g/mol. The van der Waals surface area contributed by atoms with Gasteiger partial charge in [-0.3, -0.25) is 4.99 Å². The number of aliphatic imine (C=N–C) groups is 1. The van der Waals surface area contributed by atoms with Crippen molar-refractivity contribution in [3.05, 3.63) is 23.4 Å². The first-order valence-corrected chi connectivity index (χ1v) is 11.6. The normalized spacial score (nSPS) is 20.1. The van der Waals surface area contributed by atoms with Gasteiger partial charge in [0.1, 0.15) is 5.82 Å². The molecule has 1 aliphatic heterocycles. The van der Waals surface area contributed by atoms with Gasteiger partial charge >= 0.3 is 0 Å². The molecular formula is C22H37ClIN5O. The maximum atomic E-state index is 6.28. The zero-order chi connectivity index (χ0) is 20.3. The molecule has 1 unspecified atom stereocenters. The molecule has 2 aliphatic rings. The number of unbranched alkanes of at least 4 members (excludes halogenated alkanes) is 2. The van der Waals surface area contributed by atoms with Crippen molar-refractivity contribution in [3.63, 3.8) is 0 Å². The number of hydrogen-bond donors (Lipinski definition) is 2. The first-order valence-electron chi connectivity index (χ1n) is 11.2. The topological polar surface area (TPSA) is 61.8 Å². The lowest BCUT2D eigenvalue weighted by Crippen LogP contribution is -2.44. The van der Waals surface area contributed by atoms with Crippen LogP contribution in [-0.4, -0.2) is 56.4 Å². The molecule has 2 fully saturated rings. The highest BCUT2D eigenvalue weighted by Crippen LogP contribution is 2.25. The Bertz CT molecular complexity index is 642. The molecule has 0 amide bonds. The van der Waals surface area contributed by atoms with Gasteiger partial charge in [0.15, 0.2) is 5.96 Å². The largest absolute Gasteiger partial charge is 0.378 e. The second kappa shape index (κ2) is 14.3. The highest BCUT2D eigenvalue weighted by molar-refractivity contribution is 14.0. The van der Waals surface area contributed by atoms with E-state index in [4.69, 9.17) is 16.3 Å². The minimum absolute atomic E-state index is 0. The van der Waals surface area contributed by atoms with Crippen LogP contribution in [0.25, 0.3) is 0 Å². The number of anilines is 1. The van der Waals surface area contributed by atoms with E-state index < -0.39 is 0 Å². The third-order valence-electron chi connectivity index (χ3n) is 5.81. The Kier molecular flexibility index (Phi) is 12.1. The Morgan fingerprint density at radius 1 is 1.23 bits per heavy atom. The molecule has 30 heavy (non-hydrogen) atoms. The van der Waals surface area contributed by atoms with Gasteiger partial charge in [-0.25, -0.2) is 4.98 Å². The van der Waals surface area contributed by atoms with Gasteiger partial charge in [0.05, 0.1) is 11.1 Å². The first-order chi connectivity index (χ1) is 14.3. The van der Waals surface area contributed by atoms with Crippen LogP contribution in [0.15, 0.2) is 23.3 Å². The quantitative estimate of drug-likeness (QED) is 0.204. The Morgan fingerprint density at radius 2 is 2.07 bits per heavy atom. The zero-order valence-electron chi connectivity index (χ0n) is 18.1. The van der Waals surface area contributed by atoms with Crippen molar-refractivity contribution in [3.8, 4) is 0 Å². The van der Waals surface area contributed by atoms with E-state index in [0.29, 0.717) is 17.2 Å². The second-order valence-electron chi connectivity index (χ2n) is 8.08. The van der Waals surface area contributed by atoms with E-state index in [0.717, 1.165) is 57.3 Å². The number of nitrogens with one attached hydrogen (secondary N) is 2. The molecule has 6 nitrogen and oxygen atoms in total. The van der Waals surface area contributed by atoms with Crippen LogP contribution in [0.1, 0.15) is 57.8 Å². The molecule has 0 radical (unpaired) electrons. The van der Waals surface area contributed by atoms with E-state index in [2.05, 4.69) is 25.5 Å². The third-order valence-corrected chi connectivity index (χ3v) is 6.11. The van der Waals surface area contributed by atoms with E-state index >= 15 is 0 Å². The monoisotopic (exact) mass is 549 g/mol. The molecule has 1 saturated heterocycles. The summed E-state index contributed by atoms with van der Waals surface area (Å²) in [5.74, 6) is 1.75. The predicted molar refractivity (Wildman–Crippen MR) is 136 cm³/mol. The second-order valence-corrected chi connectivity index (χ2v) is 8.48. The molecule has 1 atom stereocenters. The van der Waals surface area contributed by atoms with Gasteiger partial charge in [-0.15, -0.1) is 24.0 Å². The molecule has 1 aromatic heterocycles. The number of guanidine groups is 1. The van der Waals surface area contributed by atoms with Gasteiger partial charge in [-0.05, 0) is 50.7 Å². The lowest BCUT2D eigenvalue weighted by molar-refractivity contribution is 0.0264. The number of rotatable bonds is 9. The van der Waals surface area contributed by atoms with E-state index in [-0.39, 0.29) is 24.0 Å². The molecule has 2 N–H and O–H groups in total. The summed E-state index contributed by atoms with van der Waals surface area (Å²) in [6.45, 7) is 3.68. The lowest BCUT2D eigenvalue weighted by atomic mass is 9.98. The Labute approximate surface area is 203 Å². The average Bonchev–Trinajstić information content (AvgIpc) is 3.21. The molecular weight excluding hydrogens is 513 g/mol. The first kappa shape index (κ1) is 25.5. The summed E-state index contributed by atoms with van der Waals surface area (Å²) in [5, 5.41) is 7.68. The highest BCUT2D eigenvalue weighted by Gasteiger charge is 2.25. The summed E-state index contributed by atoms with van der Waals surface area (Å²) in [4.78, 5) is 11.0. The van der Waals surface area contributed by atoms with Crippen LogP contribution in [0.2, 0.25) is 5.02 Å². The van der Waals surface area contributed by atoms with Crippen LogP contribution in [0.5, 0.6) is 0 Å². The molecule has 0 bridgehead atoms. The Hall–Kier alpha value is -0.800. The number of halogens is 2. The SMILES string of the molecule is CN=C(NCCCCCOC1CCCCC1)NC1CCN(c2ncccc2Cl)C1.I. The van der Waals surface area contributed by atoms with Gasteiger partial charge in [0.2, 0.25) is 0 Å². The standard InChI is InChI=1S/C22H36ClN5O.HI/c1-24-22(26-13-6-3-7-16-29-19-9-4-2-5-10-19)27-18-12-15-28(17-18)21-20(23)11-8-14-25-21;/h8,11,14,18-19H,2-7,9-10,12-13,15-17H2,1H3,(H2,24,26,27);1H. The van der Waals surface area contributed by atoms with Crippen molar-refractivity contribution in [2.24, 2.45) is 4.99 Å². The van der Waals surface area contributed by atoms with E-state index in [1.165, 1.54) is 38.5 Å². The number of pyridine rings is 1. The highest BCUT2D eigenvalue weighted by atomic mass is 127. The fraction of sp³-hybridized carbons (Fsp3) is 0.727. The summed E-state index contributed by atoms with van der Waals surface area (Å²) in [6.07, 6.45) is 13.4. The van der Waals surface area contributed by atoms with Gasteiger partial charge < -0.3 is 20.3 Å². The minimum atomic E-state index is 0. The van der Waals surface area contributed by atoms with Gasteiger partial charge in [0, 0.05) is 45.5 Å². The van der Waals surface area contributed by atoms with Crippen molar-refractivity contribution in [1.82, 2.24) is 15.6 Å². The minimum Gasteiger partial charge on any atom is -0.378 e. The molecule has 2 heterocycles. The van der Waals surface area contributed by atoms with E-state index in [1.807, 2.05) is 19.2 Å². The predicted octanol–water partition coefficient (Wildman–Crippen LogP) is 4.62. The van der Waals surface area contributed by atoms with Crippen molar-refractivity contribution in [2.45, 2.75) is 69.9 Å². The Morgan fingerprint density at radius 3 is 2.83 bits per heavy atom. The molecule has 1 saturated carbocycles. The van der Waals surface area contributed by atoms with Crippen molar-refractivity contribution >= 4 is 47.4 Å². The molecule has 8 heteroatoms. The van der Waals surface area contributed by atoms with Gasteiger partial charge in [-0.2, -0.15) is 0 Å². The van der Waals surface area contributed by atoms with Crippen LogP contribution < -0.4 is 15.5 Å². The molecule has 0 spiro atoms. The van der Waals surface area contributed by atoms with Crippen LogP contribution in [-0.2, 0) is 4.74 Å². The summed E-state index contributed by atoms with van der Waals surface area (Å²) in [7, 11) is 1.83. The van der Waals surface area contributed by atoms with Gasteiger partial charge in [0.25, 0.3) is 0 Å². The number of ether oxygens (including phenoxy) is 1. The zero-order valence-corrected chi connectivity index (χ0v) is 21.2. The smallest absolute Gasteiger partial charge is 0.191 e. The van der Waals surface area contributed by atoms with E-state index in [1.54, 1.807) is 6.20 Å². The molecule has 170 valence electrons. The number of hydrogen-bond acceptors (Lipinski definition) is 4. The number of aromatic nitrogens is 1. The summed E-state index contributed by atoms with van der Waals surface area (Å²) >= 11 is 6.28. The van der Waals surface area contributed by atoms with E-state index in [9.17, 15) is 0 Å². The fourth-order valence-electron chi connectivity index (χ4n) is 4.16. The molecule has 1 aromatic rings. The maximum Gasteiger partial charge on any atom is 0.191 e.